The number of hydrogen-bond acceptors (Lipinski definition) is 3. The number of hydrogen-bond donors (Lipinski definition) is 2. The van der Waals surface area contributed by atoms with E-state index in [4.69, 9.17) is 17.3 Å². The summed E-state index contributed by atoms with van der Waals surface area (Å²) in [5, 5.41) is 2.55. The minimum absolute atomic E-state index is 0.00581. The smallest absolute Gasteiger partial charge is 0.257 e. The molecule has 1 amide bonds. The fraction of sp³-hybridized carbons (Fsp3) is 0.0667. The van der Waals surface area contributed by atoms with Crippen LogP contribution in [0.25, 0.3) is 0 Å². The molecule has 2 aromatic rings. The van der Waals surface area contributed by atoms with E-state index in [1.807, 2.05) is 0 Å². The normalized spacial score (nSPS) is 9.67. The first-order valence-corrected chi connectivity index (χ1v) is 6.38. The number of halogens is 2. The van der Waals surface area contributed by atoms with Crippen molar-refractivity contribution in [1.82, 2.24) is 4.98 Å². The molecule has 0 bridgehead atoms. The maximum atomic E-state index is 13.3. The topological polar surface area (TPSA) is 68.0 Å². The highest BCUT2D eigenvalue weighted by atomic mass is 35.5. The molecule has 0 saturated heterocycles. The minimum atomic E-state index is -0.602. The zero-order valence-corrected chi connectivity index (χ0v) is 11.6. The van der Waals surface area contributed by atoms with Crippen LogP contribution in [0.15, 0.2) is 36.7 Å². The van der Waals surface area contributed by atoms with Crippen LogP contribution >= 0.6 is 11.6 Å². The molecular weight excluding hydrogens is 293 g/mol. The van der Waals surface area contributed by atoms with Gasteiger partial charge in [-0.2, -0.15) is 0 Å². The van der Waals surface area contributed by atoms with Crippen LogP contribution in [-0.4, -0.2) is 17.4 Å². The summed E-state index contributed by atoms with van der Waals surface area (Å²) in [4.78, 5) is 16.0. The van der Waals surface area contributed by atoms with Gasteiger partial charge >= 0.3 is 0 Å². The van der Waals surface area contributed by atoms with Crippen molar-refractivity contribution >= 4 is 23.2 Å². The molecule has 1 aromatic carbocycles. The molecule has 0 spiro atoms. The summed E-state index contributed by atoms with van der Waals surface area (Å²) in [6, 6.07) is 5.60. The number of rotatable bonds is 2. The van der Waals surface area contributed by atoms with Gasteiger partial charge in [-0.3, -0.25) is 9.78 Å². The van der Waals surface area contributed by atoms with Gasteiger partial charge in [-0.25, -0.2) is 4.39 Å². The van der Waals surface area contributed by atoms with Crippen molar-refractivity contribution in [2.75, 3.05) is 11.9 Å². The van der Waals surface area contributed by atoms with Crippen LogP contribution in [0.3, 0.4) is 0 Å². The second-order valence-electron chi connectivity index (χ2n) is 4.05. The van der Waals surface area contributed by atoms with Crippen LogP contribution in [0.5, 0.6) is 0 Å². The zero-order chi connectivity index (χ0) is 15.2. The highest BCUT2D eigenvalue weighted by molar-refractivity contribution is 6.30. The van der Waals surface area contributed by atoms with E-state index in [0.717, 1.165) is 6.07 Å². The van der Waals surface area contributed by atoms with Crippen molar-refractivity contribution in [2.45, 2.75) is 0 Å². The quantitative estimate of drug-likeness (QED) is 0.837. The van der Waals surface area contributed by atoms with Gasteiger partial charge < -0.3 is 11.1 Å². The lowest BCUT2D eigenvalue weighted by Gasteiger charge is -2.06. The van der Waals surface area contributed by atoms with E-state index in [2.05, 4.69) is 22.1 Å². The van der Waals surface area contributed by atoms with Gasteiger partial charge in [0.2, 0.25) is 0 Å². The number of carbonyl (C=O) groups excluding carboxylic acids is 1. The Morgan fingerprint density at radius 1 is 1.38 bits per heavy atom. The number of nitrogens with zero attached hydrogens (tertiary/aromatic N) is 1. The van der Waals surface area contributed by atoms with Crippen LogP contribution in [0.2, 0.25) is 5.02 Å². The zero-order valence-electron chi connectivity index (χ0n) is 10.9. The Morgan fingerprint density at radius 2 is 2.19 bits per heavy atom. The lowest BCUT2D eigenvalue weighted by molar-refractivity contribution is 0.102. The molecule has 1 aromatic heterocycles. The molecular formula is C15H11ClFN3O. The van der Waals surface area contributed by atoms with Crippen LogP contribution < -0.4 is 11.1 Å². The van der Waals surface area contributed by atoms with Crippen molar-refractivity contribution in [2.24, 2.45) is 5.73 Å². The number of nitrogens with two attached hydrogens (primary N) is 1. The van der Waals surface area contributed by atoms with E-state index in [1.54, 1.807) is 6.07 Å². The number of anilines is 1. The summed E-state index contributed by atoms with van der Waals surface area (Å²) in [5.41, 5.74) is 6.48. The average molecular weight is 304 g/mol. The third-order valence-electron chi connectivity index (χ3n) is 2.51. The minimum Gasteiger partial charge on any atom is -0.322 e. The standard InChI is InChI=1S/C15H11ClFN3O/c16-13-4-3-12(7-14(13)17)20-15(21)11-6-10(2-1-5-18)8-19-9-11/h3-4,6-9H,5,18H2,(H,20,21). The summed E-state index contributed by atoms with van der Waals surface area (Å²) in [6.07, 6.45) is 2.93. The Hall–Kier alpha value is -2.42. The maximum absolute atomic E-state index is 13.3. The van der Waals surface area contributed by atoms with Crippen LogP contribution in [0, 0.1) is 17.7 Å². The molecule has 0 aliphatic rings. The summed E-state index contributed by atoms with van der Waals surface area (Å²) in [6.45, 7) is 0.223. The van der Waals surface area contributed by atoms with Gasteiger partial charge in [0.1, 0.15) is 5.82 Å². The molecule has 6 heteroatoms. The molecule has 0 unspecified atom stereocenters. The van der Waals surface area contributed by atoms with Crippen molar-refractivity contribution in [3.8, 4) is 11.8 Å². The monoisotopic (exact) mass is 303 g/mol. The molecule has 4 nitrogen and oxygen atoms in total. The van der Waals surface area contributed by atoms with Gasteiger partial charge in [0.15, 0.2) is 0 Å². The second-order valence-corrected chi connectivity index (χ2v) is 4.46. The summed E-state index contributed by atoms with van der Waals surface area (Å²) >= 11 is 5.58. The molecule has 0 aliphatic heterocycles. The highest BCUT2D eigenvalue weighted by Crippen LogP contribution is 2.19. The maximum Gasteiger partial charge on any atom is 0.257 e. The second kappa shape index (κ2) is 6.84. The number of aromatic nitrogens is 1. The van der Waals surface area contributed by atoms with Gasteiger partial charge in [-0.15, -0.1) is 0 Å². The number of nitrogens with one attached hydrogen (secondary N) is 1. The number of carbonyl (C=O) groups is 1. The molecule has 3 N–H and O–H groups in total. The fourth-order valence-corrected chi connectivity index (χ4v) is 1.68. The predicted molar refractivity (Wildman–Crippen MR) is 79.5 cm³/mol. The number of benzene rings is 1. The summed E-state index contributed by atoms with van der Waals surface area (Å²) in [5.74, 6) is 4.44. The van der Waals surface area contributed by atoms with E-state index in [0.29, 0.717) is 16.8 Å². The van der Waals surface area contributed by atoms with E-state index >= 15 is 0 Å². The Bertz CT molecular complexity index is 737. The van der Waals surface area contributed by atoms with Crippen LogP contribution in [-0.2, 0) is 0 Å². The van der Waals surface area contributed by atoms with E-state index in [9.17, 15) is 9.18 Å². The van der Waals surface area contributed by atoms with Crippen LogP contribution in [0.4, 0.5) is 10.1 Å². The first kappa shape index (κ1) is 15.0. The van der Waals surface area contributed by atoms with Gasteiger partial charge in [0.05, 0.1) is 17.1 Å². The molecule has 21 heavy (non-hydrogen) atoms. The van der Waals surface area contributed by atoms with Crippen molar-refractivity contribution < 1.29 is 9.18 Å². The van der Waals surface area contributed by atoms with Crippen molar-refractivity contribution in [3.63, 3.8) is 0 Å². The SMILES string of the molecule is NCC#Cc1cncc(C(=O)Nc2ccc(Cl)c(F)c2)c1. The molecule has 2 rings (SSSR count). The predicted octanol–water partition coefficient (Wildman–Crippen LogP) is 2.44. The van der Waals surface area contributed by atoms with Crippen LogP contribution in [0.1, 0.15) is 15.9 Å². The first-order chi connectivity index (χ1) is 10.1. The summed E-state index contributed by atoms with van der Waals surface area (Å²) in [7, 11) is 0. The third-order valence-corrected chi connectivity index (χ3v) is 2.82. The van der Waals surface area contributed by atoms with Gasteiger partial charge in [0.25, 0.3) is 5.91 Å². The van der Waals surface area contributed by atoms with Crippen molar-refractivity contribution in [3.05, 3.63) is 58.6 Å². The van der Waals surface area contributed by atoms with Crippen molar-refractivity contribution in [1.29, 1.82) is 0 Å². The number of pyridine rings is 1. The van der Waals surface area contributed by atoms with E-state index in [1.165, 1.54) is 24.5 Å². The Balaban J connectivity index is 2.18. The molecule has 0 radical (unpaired) electrons. The first-order valence-electron chi connectivity index (χ1n) is 6.00. The Labute approximate surface area is 126 Å². The van der Waals surface area contributed by atoms with Gasteiger partial charge in [-0.05, 0) is 24.3 Å². The average Bonchev–Trinajstić information content (AvgIpc) is 2.49. The Morgan fingerprint density at radius 3 is 2.90 bits per heavy atom. The lowest BCUT2D eigenvalue weighted by atomic mass is 10.2. The molecule has 106 valence electrons. The Kier molecular flexibility index (Phi) is 4.88. The molecule has 0 saturated carbocycles. The highest BCUT2D eigenvalue weighted by Gasteiger charge is 2.08. The van der Waals surface area contributed by atoms with E-state index < -0.39 is 11.7 Å². The largest absolute Gasteiger partial charge is 0.322 e. The fourth-order valence-electron chi connectivity index (χ4n) is 1.56. The molecule has 0 atom stereocenters. The third kappa shape index (κ3) is 4.02. The lowest BCUT2D eigenvalue weighted by Crippen LogP contribution is -2.12. The van der Waals surface area contributed by atoms with Gasteiger partial charge in [-0.1, -0.05) is 23.4 Å². The van der Waals surface area contributed by atoms with E-state index in [-0.39, 0.29) is 11.6 Å². The molecule has 0 aliphatic carbocycles. The molecule has 0 fully saturated rings. The number of amides is 1. The van der Waals surface area contributed by atoms with Gasteiger partial charge in [0, 0.05) is 23.6 Å². The summed E-state index contributed by atoms with van der Waals surface area (Å²) < 4.78 is 13.3. The molecule has 1 heterocycles.